The quantitative estimate of drug-likeness (QED) is 0.619. The summed E-state index contributed by atoms with van der Waals surface area (Å²) in [6.07, 6.45) is -1.30. The van der Waals surface area contributed by atoms with Gasteiger partial charge in [-0.15, -0.1) is 0 Å². The number of carboxylic acid groups (broad SMARTS) is 1. The monoisotopic (exact) mass is 452 g/mol. The second kappa shape index (κ2) is 10.7. The molecule has 31 heavy (non-hydrogen) atoms. The van der Waals surface area contributed by atoms with E-state index in [0.717, 1.165) is 40.4 Å². The highest BCUT2D eigenvalue weighted by atomic mass is 35.5. The van der Waals surface area contributed by atoms with Gasteiger partial charge in [0.2, 0.25) is 0 Å². The number of nitrogens with one attached hydrogen (secondary N) is 1. The Balaban J connectivity index is 0.000000423. The molecule has 1 heterocycles. The molecule has 0 bridgehead atoms. The van der Waals surface area contributed by atoms with Gasteiger partial charge in [0.1, 0.15) is 11.8 Å². The molecule has 3 aromatic rings. The fourth-order valence-electron chi connectivity index (χ4n) is 2.42. The van der Waals surface area contributed by atoms with Crippen LogP contribution in [0.15, 0.2) is 42.5 Å². The van der Waals surface area contributed by atoms with Crippen molar-refractivity contribution in [3.8, 4) is 0 Å². The normalized spacial score (nSPS) is 11.3. The van der Waals surface area contributed by atoms with Crippen LogP contribution in [0, 0.1) is 6.92 Å². The minimum Gasteiger partial charge on any atom is -0.542 e. The minimum atomic E-state index is -5.19. The van der Waals surface area contributed by atoms with Gasteiger partial charge in [-0.05, 0) is 42.8 Å². The van der Waals surface area contributed by atoms with Crippen molar-refractivity contribution in [3.05, 3.63) is 64.4 Å². The highest BCUT2D eigenvalue weighted by Crippen LogP contribution is 2.22. The molecular weight excluding hydrogens is 433 g/mol. The van der Waals surface area contributed by atoms with Crippen LogP contribution >= 0.6 is 11.6 Å². The molecule has 4 N–H and O–H groups in total. The lowest BCUT2D eigenvalue weighted by molar-refractivity contribution is -0.362. The smallest absolute Gasteiger partial charge is 0.430 e. The summed E-state index contributed by atoms with van der Waals surface area (Å²) in [5.41, 5.74) is 7.04. The van der Waals surface area contributed by atoms with Crippen LogP contribution in [0.25, 0.3) is 23.1 Å². The summed E-state index contributed by atoms with van der Waals surface area (Å²) in [5.74, 6) is -1.48. The van der Waals surface area contributed by atoms with E-state index in [9.17, 15) is 13.2 Å². The van der Waals surface area contributed by atoms with Crippen LogP contribution in [0.4, 0.5) is 19.0 Å². The maximum Gasteiger partial charge on any atom is 0.430 e. The van der Waals surface area contributed by atoms with E-state index < -0.39 is 12.1 Å². The molecule has 6 nitrogen and oxygen atoms in total. The number of anilines is 1. The van der Waals surface area contributed by atoms with Crippen LogP contribution in [0.3, 0.4) is 0 Å². The zero-order valence-corrected chi connectivity index (χ0v) is 17.3. The van der Waals surface area contributed by atoms with Gasteiger partial charge in [0.15, 0.2) is 5.82 Å². The molecule has 0 amide bonds. The van der Waals surface area contributed by atoms with Crippen molar-refractivity contribution in [2.75, 3.05) is 18.4 Å². The Morgan fingerprint density at radius 1 is 1.16 bits per heavy atom. The number of benzene rings is 2. The lowest BCUT2D eigenvalue weighted by atomic mass is 10.1. The number of carboxylic acids is 1. The first-order valence-corrected chi connectivity index (χ1v) is 9.51. The summed E-state index contributed by atoms with van der Waals surface area (Å²) in [7, 11) is 0. The Kier molecular flexibility index (Phi) is 8.35. The fourth-order valence-corrected chi connectivity index (χ4v) is 2.55. The lowest BCUT2D eigenvalue weighted by Gasteiger charge is -2.09. The van der Waals surface area contributed by atoms with Gasteiger partial charge in [0.25, 0.3) is 0 Å². The molecule has 0 saturated carbocycles. The van der Waals surface area contributed by atoms with E-state index >= 15 is 0 Å². The third-order valence-electron chi connectivity index (χ3n) is 3.86. The number of carbonyl (C=O) groups is 1. The zero-order valence-electron chi connectivity index (χ0n) is 16.5. The van der Waals surface area contributed by atoms with Gasteiger partial charge in [-0.1, -0.05) is 41.4 Å². The third kappa shape index (κ3) is 7.54. The van der Waals surface area contributed by atoms with Gasteiger partial charge >= 0.3 is 6.18 Å². The Hall–Kier alpha value is -3.17. The molecule has 0 fully saturated rings. The molecule has 0 aliphatic rings. The number of aromatic nitrogens is 2. The second-order valence-electron chi connectivity index (χ2n) is 6.40. The Morgan fingerprint density at radius 2 is 1.81 bits per heavy atom. The van der Waals surface area contributed by atoms with Crippen LogP contribution in [0.5, 0.6) is 0 Å². The number of aryl methyl sites for hydroxylation is 1. The number of nitrogens with zero attached hydrogens (tertiary/aromatic N) is 2. The van der Waals surface area contributed by atoms with Crippen LogP contribution in [0.1, 0.15) is 17.0 Å². The summed E-state index contributed by atoms with van der Waals surface area (Å²) >= 11 is 5.91. The number of hydrogen-bond donors (Lipinski definition) is 2. The van der Waals surface area contributed by atoms with Crippen molar-refractivity contribution in [2.24, 2.45) is 0 Å². The first-order valence-electron chi connectivity index (χ1n) is 9.13. The van der Waals surface area contributed by atoms with Crippen molar-refractivity contribution in [2.45, 2.75) is 13.1 Å². The predicted molar refractivity (Wildman–Crippen MR) is 112 cm³/mol. The number of alkyl halides is 3. The Labute approximate surface area is 181 Å². The van der Waals surface area contributed by atoms with Crippen molar-refractivity contribution in [1.82, 2.24) is 9.97 Å². The van der Waals surface area contributed by atoms with Gasteiger partial charge in [0.05, 0.1) is 18.6 Å². The van der Waals surface area contributed by atoms with Gasteiger partial charge in [-0.2, -0.15) is 13.2 Å². The van der Waals surface area contributed by atoms with Crippen LogP contribution in [-0.2, 0) is 4.79 Å². The first kappa shape index (κ1) is 24.1. The molecule has 3 rings (SSSR count). The standard InChI is InChI=1S/C19H19ClN4.C2HF3O2/c1-13-2-8-17-16(12-13)19(22-11-10-21)24-18(23-17)9-5-14-3-6-15(20)7-4-14;3-2(4,5)1(6)7/h2-9,12H,10-11,21H2,1H3,(H,22,23,24);(H,6,7)/b9-5+;. The number of carbonyl (C=O) groups excluding carboxylic acids is 1. The maximum atomic E-state index is 10.5. The molecule has 2 aromatic carbocycles. The van der Waals surface area contributed by atoms with E-state index in [0.29, 0.717) is 5.82 Å². The van der Waals surface area contributed by atoms with Crippen LogP contribution in [-0.4, -0.2) is 35.2 Å². The second-order valence-corrected chi connectivity index (χ2v) is 6.84. The average Bonchev–Trinajstić information content (AvgIpc) is 2.71. The summed E-state index contributed by atoms with van der Waals surface area (Å²) in [6, 6.07) is 13.9. The van der Waals surface area contributed by atoms with E-state index in [1.165, 1.54) is 5.56 Å². The van der Waals surface area contributed by atoms with Gasteiger partial charge in [0, 0.05) is 10.4 Å². The molecule has 164 valence electrons. The largest absolute Gasteiger partial charge is 0.542 e. The Bertz CT molecular complexity index is 1070. The molecule has 0 atom stereocenters. The number of fused-ring (bicyclic) bond motifs is 1. The van der Waals surface area contributed by atoms with Crippen molar-refractivity contribution in [3.63, 3.8) is 0 Å². The predicted octanol–water partition coefficient (Wildman–Crippen LogP) is 2.71. The topological polar surface area (TPSA) is 106 Å². The van der Waals surface area contributed by atoms with Crippen molar-refractivity contribution in [1.29, 1.82) is 0 Å². The van der Waals surface area contributed by atoms with E-state index in [1.807, 2.05) is 42.5 Å². The lowest BCUT2D eigenvalue weighted by Crippen LogP contribution is -2.53. The average molecular weight is 453 g/mol. The van der Waals surface area contributed by atoms with Gasteiger partial charge in [-0.25, -0.2) is 9.97 Å². The first-order chi connectivity index (χ1) is 14.6. The highest BCUT2D eigenvalue weighted by Gasteiger charge is 2.28. The highest BCUT2D eigenvalue weighted by molar-refractivity contribution is 6.30. The molecular formula is C21H20ClF3N4O2. The molecule has 0 unspecified atom stereocenters. The van der Waals surface area contributed by atoms with E-state index in [4.69, 9.17) is 21.5 Å². The fraction of sp³-hybridized carbons (Fsp3) is 0.190. The number of quaternary nitrogens is 1. The van der Waals surface area contributed by atoms with Crippen LogP contribution in [0.2, 0.25) is 5.02 Å². The number of rotatable bonds is 5. The molecule has 10 heteroatoms. The maximum absolute atomic E-state index is 10.5. The van der Waals surface area contributed by atoms with E-state index in [1.54, 1.807) is 0 Å². The van der Waals surface area contributed by atoms with E-state index in [-0.39, 0.29) is 0 Å². The summed E-state index contributed by atoms with van der Waals surface area (Å²) in [6.45, 7) is 3.65. The summed E-state index contributed by atoms with van der Waals surface area (Å²) < 4.78 is 31.5. The zero-order chi connectivity index (χ0) is 23.0. The van der Waals surface area contributed by atoms with Gasteiger partial charge in [-0.3, -0.25) is 0 Å². The van der Waals surface area contributed by atoms with Crippen LogP contribution < -0.4 is 16.2 Å². The van der Waals surface area contributed by atoms with Crippen molar-refractivity contribution < 1.29 is 28.8 Å². The number of hydrogen-bond acceptors (Lipinski definition) is 5. The molecule has 0 aliphatic heterocycles. The minimum absolute atomic E-state index is 0.674. The molecule has 0 aliphatic carbocycles. The SMILES string of the molecule is Cc1ccc2nc(/C=C/c3ccc(Cl)cc3)nc(NCC[NH3+])c2c1.O=C([O-])C(F)(F)F. The Morgan fingerprint density at radius 3 is 2.39 bits per heavy atom. The molecule has 0 saturated heterocycles. The van der Waals surface area contributed by atoms with Gasteiger partial charge < -0.3 is 21.0 Å². The molecule has 1 aromatic heterocycles. The summed E-state index contributed by atoms with van der Waals surface area (Å²) in [5, 5.41) is 13.9. The van der Waals surface area contributed by atoms with Crippen molar-refractivity contribution >= 4 is 46.4 Å². The summed E-state index contributed by atoms with van der Waals surface area (Å²) in [4.78, 5) is 18.1. The number of halogens is 4. The third-order valence-corrected chi connectivity index (χ3v) is 4.12. The molecule has 0 radical (unpaired) electrons. The number of aliphatic carboxylic acids is 1. The molecule has 0 spiro atoms. The van der Waals surface area contributed by atoms with E-state index in [2.05, 4.69) is 40.1 Å².